The maximum Gasteiger partial charge on any atom is 0.258 e. The minimum atomic E-state index is -0.238. The molecular formula is C18H25ClN6O2. The predicted octanol–water partition coefficient (Wildman–Crippen LogP) is 2.28. The van der Waals surface area contributed by atoms with Gasteiger partial charge in [0.25, 0.3) is 5.91 Å². The number of carbonyl (C=O) groups is 1. The molecule has 0 bridgehead atoms. The zero-order chi connectivity index (χ0) is 17.9. The smallest absolute Gasteiger partial charge is 0.258 e. The molecule has 9 heteroatoms. The lowest BCUT2D eigenvalue weighted by molar-refractivity contribution is 0.101. The Bertz CT molecular complexity index is 786. The van der Waals surface area contributed by atoms with Gasteiger partial charge in [0.05, 0.1) is 0 Å². The highest BCUT2D eigenvalue weighted by molar-refractivity contribution is 6.03. The Morgan fingerprint density at radius 1 is 1.30 bits per heavy atom. The van der Waals surface area contributed by atoms with Gasteiger partial charge in [-0.2, -0.15) is 10.1 Å². The lowest BCUT2D eigenvalue weighted by Gasteiger charge is -2.25. The molecule has 8 nitrogen and oxygen atoms in total. The molecule has 1 saturated carbocycles. The predicted molar refractivity (Wildman–Crippen MR) is 104 cm³/mol. The molecule has 0 unspecified atom stereocenters. The SMILES string of the molecule is Cl.Cn1nc(C2CCNCC2)nc1NC(=O)c1ccnc(OC2CCC2)c1. The van der Waals surface area contributed by atoms with E-state index in [-0.39, 0.29) is 24.4 Å². The Morgan fingerprint density at radius 3 is 2.78 bits per heavy atom. The van der Waals surface area contributed by atoms with Crippen molar-refractivity contribution in [1.82, 2.24) is 25.1 Å². The summed E-state index contributed by atoms with van der Waals surface area (Å²) in [5.41, 5.74) is 0.501. The number of hydrogen-bond donors (Lipinski definition) is 2. The average Bonchev–Trinajstić information content (AvgIpc) is 3.00. The molecule has 0 radical (unpaired) electrons. The van der Waals surface area contributed by atoms with Crippen LogP contribution in [0, 0.1) is 0 Å². The number of nitrogens with one attached hydrogen (secondary N) is 2. The Hall–Kier alpha value is -2.19. The van der Waals surface area contributed by atoms with Gasteiger partial charge in [0, 0.05) is 30.8 Å². The van der Waals surface area contributed by atoms with Crippen molar-refractivity contribution < 1.29 is 9.53 Å². The molecule has 3 heterocycles. The van der Waals surface area contributed by atoms with Crippen LogP contribution in [0.1, 0.15) is 54.2 Å². The van der Waals surface area contributed by atoms with Crippen LogP contribution in [0.5, 0.6) is 5.88 Å². The van der Waals surface area contributed by atoms with E-state index in [1.807, 2.05) is 0 Å². The van der Waals surface area contributed by atoms with Gasteiger partial charge in [-0.3, -0.25) is 10.1 Å². The summed E-state index contributed by atoms with van der Waals surface area (Å²) >= 11 is 0. The number of rotatable bonds is 5. The standard InChI is InChI=1S/C18H24N6O2.ClH/c1-24-18(21-16(23-24)12-5-8-19-9-6-12)22-17(25)13-7-10-20-15(11-13)26-14-3-2-4-14;/h7,10-12,14,19H,2-6,8-9H2,1H3,(H,21,22,23,25);1H. The Labute approximate surface area is 164 Å². The van der Waals surface area contributed by atoms with Gasteiger partial charge in [0.1, 0.15) is 6.10 Å². The third kappa shape index (κ3) is 4.56. The quantitative estimate of drug-likeness (QED) is 0.810. The van der Waals surface area contributed by atoms with Crippen LogP contribution in [0.15, 0.2) is 18.3 Å². The van der Waals surface area contributed by atoms with E-state index in [9.17, 15) is 4.79 Å². The highest BCUT2D eigenvalue weighted by Crippen LogP contribution is 2.25. The number of carbonyl (C=O) groups excluding carboxylic acids is 1. The van der Waals surface area contributed by atoms with Gasteiger partial charge in [-0.15, -0.1) is 12.4 Å². The second-order valence-corrected chi connectivity index (χ2v) is 6.95. The number of anilines is 1. The Kier molecular flexibility index (Phi) is 6.28. The van der Waals surface area contributed by atoms with Gasteiger partial charge in [0.15, 0.2) is 5.82 Å². The monoisotopic (exact) mass is 392 g/mol. The van der Waals surface area contributed by atoms with Crippen molar-refractivity contribution in [3.8, 4) is 5.88 Å². The molecule has 1 aliphatic heterocycles. The number of aromatic nitrogens is 4. The molecule has 2 aliphatic rings. The maximum absolute atomic E-state index is 12.6. The zero-order valence-electron chi connectivity index (χ0n) is 15.4. The molecule has 27 heavy (non-hydrogen) atoms. The number of aryl methyl sites for hydroxylation is 1. The molecule has 2 aromatic rings. The van der Waals surface area contributed by atoms with E-state index < -0.39 is 0 Å². The summed E-state index contributed by atoms with van der Waals surface area (Å²) in [4.78, 5) is 21.3. The molecule has 146 valence electrons. The maximum atomic E-state index is 12.6. The number of ether oxygens (including phenoxy) is 1. The Morgan fingerprint density at radius 2 is 2.07 bits per heavy atom. The van der Waals surface area contributed by atoms with Crippen LogP contribution >= 0.6 is 12.4 Å². The van der Waals surface area contributed by atoms with E-state index in [2.05, 4.69) is 25.7 Å². The minimum Gasteiger partial charge on any atom is -0.474 e. The van der Waals surface area contributed by atoms with E-state index in [1.54, 1.807) is 30.1 Å². The van der Waals surface area contributed by atoms with Gasteiger partial charge < -0.3 is 10.1 Å². The second-order valence-electron chi connectivity index (χ2n) is 6.95. The third-order valence-corrected chi connectivity index (χ3v) is 5.05. The highest BCUT2D eigenvalue weighted by atomic mass is 35.5. The van der Waals surface area contributed by atoms with Crippen LogP contribution in [0.2, 0.25) is 0 Å². The summed E-state index contributed by atoms with van der Waals surface area (Å²) < 4.78 is 7.40. The topological polar surface area (TPSA) is 94.0 Å². The van der Waals surface area contributed by atoms with Crippen molar-refractivity contribution in [2.75, 3.05) is 18.4 Å². The minimum absolute atomic E-state index is 0. The molecule has 1 aliphatic carbocycles. The lowest BCUT2D eigenvalue weighted by atomic mass is 9.96. The fraction of sp³-hybridized carbons (Fsp3) is 0.556. The van der Waals surface area contributed by atoms with Crippen molar-refractivity contribution in [3.63, 3.8) is 0 Å². The van der Waals surface area contributed by atoms with Crippen molar-refractivity contribution in [2.45, 2.75) is 44.1 Å². The largest absolute Gasteiger partial charge is 0.474 e. The first-order valence-electron chi connectivity index (χ1n) is 9.25. The van der Waals surface area contributed by atoms with E-state index >= 15 is 0 Å². The molecular weight excluding hydrogens is 368 g/mol. The summed E-state index contributed by atoms with van der Waals surface area (Å²) in [5.74, 6) is 1.86. The van der Waals surface area contributed by atoms with E-state index in [1.165, 1.54) is 6.42 Å². The van der Waals surface area contributed by atoms with E-state index in [0.29, 0.717) is 23.3 Å². The first kappa shape index (κ1) is 19.6. The molecule has 2 aromatic heterocycles. The van der Waals surface area contributed by atoms with Crippen molar-refractivity contribution in [3.05, 3.63) is 29.7 Å². The number of nitrogens with zero attached hydrogens (tertiary/aromatic N) is 4. The number of amides is 1. The van der Waals surface area contributed by atoms with Crippen LogP contribution in [0.3, 0.4) is 0 Å². The van der Waals surface area contributed by atoms with Crippen molar-refractivity contribution in [1.29, 1.82) is 0 Å². The fourth-order valence-electron chi connectivity index (χ4n) is 3.21. The van der Waals surface area contributed by atoms with Crippen LogP contribution in [0.4, 0.5) is 5.95 Å². The van der Waals surface area contributed by atoms with Crippen molar-refractivity contribution in [2.24, 2.45) is 7.05 Å². The normalized spacial score (nSPS) is 17.7. The van der Waals surface area contributed by atoms with Gasteiger partial charge >= 0.3 is 0 Å². The first-order valence-corrected chi connectivity index (χ1v) is 9.25. The van der Waals surface area contributed by atoms with Crippen LogP contribution < -0.4 is 15.4 Å². The Balaban J connectivity index is 0.00000210. The zero-order valence-corrected chi connectivity index (χ0v) is 16.2. The van der Waals surface area contributed by atoms with Crippen LogP contribution in [-0.4, -0.2) is 44.8 Å². The summed E-state index contributed by atoms with van der Waals surface area (Å²) in [5, 5.41) is 10.7. The third-order valence-electron chi connectivity index (χ3n) is 5.05. The van der Waals surface area contributed by atoms with E-state index in [0.717, 1.165) is 44.6 Å². The molecule has 1 saturated heterocycles. The molecule has 0 atom stereocenters. The second kappa shape index (κ2) is 8.67. The molecule has 2 N–H and O–H groups in total. The fourth-order valence-corrected chi connectivity index (χ4v) is 3.21. The number of halogens is 1. The lowest BCUT2D eigenvalue weighted by Crippen LogP contribution is -2.27. The molecule has 1 amide bonds. The van der Waals surface area contributed by atoms with E-state index in [4.69, 9.17) is 4.74 Å². The van der Waals surface area contributed by atoms with Crippen LogP contribution in [-0.2, 0) is 7.05 Å². The molecule has 4 rings (SSSR count). The number of piperidine rings is 1. The molecule has 0 aromatic carbocycles. The summed E-state index contributed by atoms with van der Waals surface area (Å²) in [7, 11) is 1.80. The number of pyridine rings is 1. The van der Waals surface area contributed by atoms with Crippen LogP contribution in [0.25, 0.3) is 0 Å². The highest BCUT2D eigenvalue weighted by Gasteiger charge is 2.22. The summed E-state index contributed by atoms with van der Waals surface area (Å²) in [6.07, 6.45) is 7.16. The molecule has 0 spiro atoms. The van der Waals surface area contributed by atoms with Gasteiger partial charge in [-0.25, -0.2) is 9.67 Å². The number of hydrogen-bond acceptors (Lipinski definition) is 6. The summed E-state index contributed by atoms with van der Waals surface area (Å²) in [6, 6.07) is 3.35. The molecule has 2 fully saturated rings. The summed E-state index contributed by atoms with van der Waals surface area (Å²) in [6.45, 7) is 1.96. The van der Waals surface area contributed by atoms with Crippen molar-refractivity contribution >= 4 is 24.3 Å². The van der Waals surface area contributed by atoms with Gasteiger partial charge in [-0.1, -0.05) is 0 Å². The first-order chi connectivity index (χ1) is 12.7. The van der Waals surface area contributed by atoms with Gasteiger partial charge in [0.2, 0.25) is 11.8 Å². The average molecular weight is 393 g/mol. The van der Waals surface area contributed by atoms with Gasteiger partial charge in [-0.05, 0) is 51.3 Å².